The van der Waals surface area contributed by atoms with Crippen molar-refractivity contribution in [2.45, 2.75) is 62.8 Å². The summed E-state index contributed by atoms with van der Waals surface area (Å²) in [5, 5.41) is 23.2. The molecule has 2 aliphatic carbocycles. The summed E-state index contributed by atoms with van der Waals surface area (Å²) in [4.78, 5) is 30.7. The molecular formula is C24H31N7O4. The third-order valence-electron chi connectivity index (χ3n) is 7.13. The number of carbonyl (C=O) groups excluding carboxylic acids is 1. The number of aromatic nitrogens is 4. The van der Waals surface area contributed by atoms with E-state index in [4.69, 9.17) is 4.74 Å². The smallest absolute Gasteiger partial charge is 0.274 e. The van der Waals surface area contributed by atoms with E-state index in [1.807, 2.05) is 12.3 Å². The molecule has 0 unspecified atom stereocenters. The number of hydrogen-bond donors (Lipinski definition) is 4. The normalized spacial score (nSPS) is 24.1. The minimum atomic E-state index is -0.524. The fraction of sp³-hybridized carbons (Fsp3) is 0.500. The van der Waals surface area contributed by atoms with Gasteiger partial charge in [-0.25, -0.2) is 4.98 Å². The molecule has 2 saturated carbocycles. The zero-order valence-corrected chi connectivity index (χ0v) is 19.9. The predicted octanol–water partition coefficient (Wildman–Crippen LogP) is 2.06. The number of aliphatic hydroxyl groups is 1. The van der Waals surface area contributed by atoms with Crippen molar-refractivity contribution in [3.63, 3.8) is 0 Å². The Balaban J connectivity index is 1.42. The van der Waals surface area contributed by atoms with Crippen LogP contribution in [0.5, 0.6) is 0 Å². The Morgan fingerprint density at radius 3 is 2.66 bits per heavy atom. The largest absolute Gasteiger partial charge is 0.391 e. The Morgan fingerprint density at radius 2 is 2.00 bits per heavy atom. The highest BCUT2D eigenvalue weighted by molar-refractivity contribution is 6.00. The van der Waals surface area contributed by atoms with Crippen LogP contribution in [0.2, 0.25) is 0 Å². The van der Waals surface area contributed by atoms with Crippen molar-refractivity contribution < 1.29 is 14.6 Å². The molecule has 0 aliphatic heterocycles. The first-order valence-corrected chi connectivity index (χ1v) is 12.0. The molecule has 186 valence electrons. The van der Waals surface area contributed by atoms with Crippen LogP contribution in [0, 0.1) is 0 Å². The standard InChI is InChI=1S/C24H31N7O4/c1-25-21-12-20(29-22-16(13-26-31(21)22)23(33)28-17-9-10-19(17)32)27-18-4-3-11-30(24(18)34)14-5-7-15(35-2)8-6-14/h3-4,11-15,17,19,25,32H,5-10H2,1-2H3,(H,27,29)(H,28,33)/t14-,15+,17-,19-/m0/s1. The van der Waals surface area contributed by atoms with Crippen molar-refractivity contribution in [2.75, 3.05) is 24.8 Å². The predicted molar refractivity (Wildman–Crippen MR) is 131 cm³/mol. The number of ether oxygens (including phenoxy) is 1. The Bertz CT molecular complexity index is 1280. The molecule has 5 rings (SSSR count). The van der Waals surface area contributed by atoms with E-state index in [0.29, 0.717) is 35.0 Å². The van der Waals surface area contributed by atoms with E-state index < -0.39 is 6.10 Å². The third-order valence-corrected chi connectivity index (χ3v) is 7.13. The Hall–Kier alpha value is -3.44. The number of nitrogens with one attached hydrogen (secondary N) is 3. The van der Waals surface area contributed by atoms with Crippen molar-refractivity contribution in [1.29, 1.82) is 0 Å². The summed E-state index contributed by atoms with van der Waals surface area (Å²) in [5.41, 5.74) is 0.930. The second-order valence-electron chi connectivity index (χ2n) is 9.22. The number of carbonyl (C=O) groups is 1. The summed E-state index contributed by atoms with van der Waals surface area (Å²) >= 11 is 0. The molecule has 2 atom stereocenters. The van der Waals surface area contributed by atoms with Crippen molar-refractivity contribution in [1.82, 2.24) is 24.5 Å². The number of hydrogen-bond acceptors (Lipinski definition) is 8. The third kappa shape index (κ3) is 4.48. The quantitative estimate of drug-likeness (QED) is 0.403. The summed E-state index contributed by atoms with van der Waals surface area (Å²) in [5.74, 6) is 0.677. The van der Waals surface area contributed by atoms with Gasteiger partial charge in [0.1, 0.15) is 22.9 Å². The van der Waals surface area contributed by atoms with Crippen LogP contribution in [0.4, 0.5) is 17.3 Å². The number of nitrogens with zero attached hydrogens (tertiary/aromatic N) is 4. The molecule has 1 amide bonds. The number of anilines is 3. The van der Waals surface area contributed by atoms with Gasteiger partial charge in [-0.2, -0.15) is 9.61 Å². The van der Waals surface area contributed by atoms with Crippen LogP contribution in [0.15, 0.2) is 35.4 Å². The van der Waals surface area contributed by atoms with Gasteiger partial charge >= 0.3 is 0 Å². The van der Waals surface area contributed by atoms with Crippen LogP contribution in [0.3, 0.4) is 0 Å². The topological polar surface area (TPSA) is 135 Å². The van der Waals surface area contributed by atoms with Gasteiger partial charge < -0.3 is 30.4 Å². The molecule has 11 nitrogen and oxygen atoms in total. The van der Waals surface area contributed by atoms with Crippen LogP contribution in [0.25, 0.3) is 5.65 Å². The van der Waals surface area contributed by atoms with Crippen LogP contribution < -0.4 is 21.5 Å². The lowest BCUT2D eigenvalue weighted by molar-refractivity contribution is 0.0448. The maximum atomic E-state index is 13.3. The average molecular weight is 482 g/mol. The van der Waals surface area contributed by atoms with Crippen molar-refractivity contribution >= 4 is 28.9 Å². The van der Waals surface area contributed by atoms with Crippen LogP contribution in [-0.2, 0) is 4.74 Å². The van der Waals surface area contributed by atoms with E-state index in [0.717, 1.165) is 32.1 Å². The summed E-state index contributed by atoms with van der Waals surface area (Å²) in [6, 6.07) is 5.19. The van der Waals surface area contributed by atoms with Gasteiger partial charge in [-0.1, -0.05) is 0 Å². The van der Waals surface area contributed by atoms with E-state index in [1.165, 1.54) is 10.7 Å². The molecule has 3 heterocycles. The van der Waals surface area contributed by atoms with Crippen molar-refractivity contribution in [3.8, 4) is 0 Å². The summed E-state index contributed by atoms with van der Waals surface area (Å²) in [7, 11) is 3.48. The van der Waals surface area contributed by atoms with E-state index in [1.54, 1.807) is 30.9 Å². The van der Waals surface area contributed by atoms with E-state index in [-0.39, 0.29) is 29.7 Å². The van der Waals surface area contributed by atoms with Crippen LogP contribution in [0.1, 0.15) is 54.9 Å². The highest BCUT2D eigenvalue weighted by atomic mass is 16.5. The Kier molecular flexibility index (Phi) is 6.44. The maximum absolute atomic E-state index is 13.3. The number of aliphatic hydroxyl groups excluding tert-OH is 1. The molecule has 0 radical (unpaired) electrons. The lowest BCUT2D eigenvalue weighted by Gasteiger charge is -2.32. The zero-order valence-electron chi connectivity index (χ0n) is 19.9. The van der Waals surface area contributed by atoms with Gasteiger partial charge in [0, 0.05) is 32.5 Å². The number of pyridine rings is 1. The molecule has 35 heavy (non-hydrogen) atoms. The van der Waals surface area contributed by atoms with Crippen molar-refractivity contribution in [2.24, 2.45) is 0 Å². The van der Waals surface area contributed by atoms with E-state index in [9.17, 15) is 14.7 Å². The molecule has 0 bridgehead atoms. The van der Waals surface area contributed by atoms with E-state index >= 15 is 0 Å². The Labute approximate surface area is 202 Å². The highest BCUT2D eigenvalue weighted by Crippen LogP contribution is 2.29. The molecule has 2 aliphatic rings. The van der Waals surface area contributed by atoms with Gasteiger partial charge in [-0.3, -0.25) is 9.59 Å². The van der Waals surface area contributed by atoms with E-state index in [2.05, 4.69) is 26.0 Å². The monoisotopic (exact) mass is 481 g/mol. The summed E-state index contributed by atoms with van der Waals surface area (Å²) < 4.78 is 8.78. The van der Waals surface area contributed by atoms with Crippen LogP contribution >= 0.6 is 0 Å². The molecule has 2 fully saturated rings. The highest BCUT2D eigenvalue weighted by Gasteiger charge is 2.31. The maximum Gasteiger partial charge on any atom is 0.274 e. The minimum Gasteiger partial charge on any atom is -0.391 e. The van der Waals surface area contributed by atoms with Crippen LogP contribution in [-0.4, -0.2) is 62.6 Å². The molecule has 3 aromatic rings. The molecule has 11 heteroatoms. The number of rotatable bonds is 7. The second-order valence-corrected chi connectivity index (χ2v) is 9.22. The Morgan fingerprint density at radius 1 is 1.20 bits per heavy atom. The summed E-state index contributed by atoms with van der Waals surface area (Å²) in [6.45, 7) is 0. The number of fused-ring (bicyclic) bond motifs is 1. The van der Waals surface area contributed by atoms with Gasteiger partial charge in [0.15, 0.2) is 5.65 Å². The van der Waals surface area contributed by atoms with Gasteiger partial charge in [-0.05, 0) is 50.7 Å². The average Bonchev–Trinajstić information content (AvgIpc) is 3.31. The fourth-order valence-corrected chi connectivity index (χ4v) is 4.85. The summed E-state index contributed by atoms with van der Waals surface area (Å²) in [6.07, 6.45) is 8.07. The first kappa shape index (κ1) is 23.3. The first-order valence-electron chi connectivity index (χ1n) is 12.0. The number of methoxy groups -OCH3 is 1. The van der Waals surface area contributed by atoms with Gasteiger partial charge in [0.2, 0.25) is 0 Å². The van der Waals surface area contributed by atoms with Gasteiger partial charge in [-0.15, -0.1) is 0 Å². The molecule has 0 aromatic carbocycles. The lowest BCUT2D eigenvalue weighted by atomic mass is 9.89. The minimum absolute atomic E-state index is 0.119. The van der Waals surface area contributed by atoms with Gasteiger partial charge in [0.05, 0.1) is 24.4 Å². The van der Waals surface area contributed by atoms with Gasteiger partial charge in [0.25, 0.3) is 11.5 Å². The molecule has 4 N–H and O–H groups in total. The molecule has 0 spiro atoms. The number of amides is 1. The van der Waals surface area contributed by atoms with Crippen molar-refractivity contribution in [3.05, 3.63) is 46.5 Å². The molecular weight excluding hydrogens is 450 g/mol. The zero-order chi connectivity index (χ0) is 24.5. The second kappa shape index (κ2) is 9.67. The fourth-order valence-electron chi connectivity index (χ4n) is 4.85. The lowest BCUT2D eigenvalue weighted by Crippen LogP contribution is -2.50. The first-order chi connectivity index (χ1) is 17.0. The molecule has 3 aromatic heterocycles. The molecule has 0 saturated heterocycles. The SMILES string of the molecule is CNc1cc(Nc2cccn([C@H]3CC[C@@H](OC)CC3)c2=O)nc2c(C(=O)N[C@H]3CC[C@@H]3O)cnn12.